The lowest BCUT2D eigenvalue weighted by atomic mass is 10.1. The number of aryl methyl sites for hydroxylation is 1. The van der Waals surface area contributed by atoms with Crippen LogP contribution in [0.3, 0.4) is 0 Å². The summed E-state index contributed by atoms with van der Waals surface area (Å²) in [6, 6.07) is 7.56. The van der Waals surface area contributed by atoms with Gasteiger partial charge in [-0.25, -0.2) is 8.42 Å². The van der Waals surface area contributed by atoms with Crippen LogP contribution in [0.5, 0.6) is 0 Å². The highest BCUT2D eigenvalue weighted by molar-refractivity contribution is 7.91. The molecule has 1 aliphatic heterocycles. The van der Waals surface area contributed by atoms with Crippen molar-refractivity contribution in [2.75, 3.05) is 16.8 Å². The fourth-order valence-electron chi connectivity index (χ4n) is 2.23. The van der Waals surface area contributed by atoms with Crippen molar-refractivity contribution in [2.24, 2.45) is 0 Å². The van der Waals surface area contributed by atoms with Crippen molar-refractivity contribution in [3.05, 3.63) is 29.3 Å². The average molecular weight is 264 g/mol. The second-order valence-corrected chi connectivity index (χ2v) is 6.99. The van der Waals surface area contributed by atoms with Crippen LogP contribution in [0.1, 0.15) is 24.0 Å². The van der Waals surface area contributed by atoms with Crippen LogP contribution in [0.4, 0.5) is 5.69 Å². The maximum absolute atomic E-state index is 11.6. The first-order chi connectivity index (χ1) is 8.50. The predicted molar refractivity (Wildman–Crippen MR) is 71.2 cm³/mol. The van der Waals surface area contributed by atoms with E-state index in [0.717, 1.165) is 17.7 Å². The number of nitriles is 1. The van der Waals surface area contributed by atoms with Crippen LogP contribution in [0.25, 0.3) is 0 Å². The van der Waals surface area contributed by atoms with E-state index in [1.54, 1.807) is 6.07 Å². The van der Waals surface area contributed by atoms with E-state index in [0.29, 0.717) is 12.0 Å². The number of hydrogen-bond acceptors (Lipinski definition) is 4. The molecule has 1 fully saturated rings. The van der Waals surface area contributed by atoms with Gasteiger partial charge >= 0.3 is 0 Å². The molecule has 0 amide bonds. The molecule has 96 valence electrons. The van der Waals surface area contributed by atoms with Gasteiger partial charge in [-0.3, -0.25) is 0 Å². The zero-order valence-electron chi connectivity index (χ0n) is 10.3. The largest absolute Gasteiger partial charge is 0.380 e. The fourth-order valence-corrected chi connectivity index (χ4v) is 3.87. The summed E-state index contributed by atoms with van der Waals surface area (Å²) in [5.41, 5.74) is 2.35. The van der Waals surface area contributed by atoms with Gasteiger partial charge in [-0.2, -0.15) is 5.26 Å². The molecule has 18 heavy (non-hydrogen) atoms. The number of benzene rings is 1. The van der Waals surface area contributed by atoms with Crippen molar-refractivity contribution in [1.29, 1.82) is 5.26 Å². The average Bonchev–Trinajstić information content (AvgIpc) is 2.28. The Morgan fingerprint density at radius 3 is 2.89 bits per heavy atom. The van der Waals surface area contributed by atoms with Gasteiger partial charge in [0.2, 0.25) is 0 Å². The number of anilines is 1. The molecular formula is C13H16N2O2S. The van der Waals surface area contributed by atoms with Gasteiger partial charge < -0.3 is 5.32 Å². The van der Waals surface area contributed by atoms with Gasteiger partial charge in [0.1, 0.15) is 6.07 Å². The van der Waals surface area contributed by atoms with E-state index in [-0.39, 0.29) is 17.5 Å². The number of hydrogen-bond donors (Lipinski definition) is 1. The summed E-state index contributed by atoms with van der Waals surface area (Å²) in [7, 11) is -2.93. The molecule has 0 spiro atoms. The maximum Gasteiger partial charge on any atom is 0.152 e. The molecular weight excluding hydrogens is 248 g/mol. The molecule has 1 aromatic carbocycles. The van der Waals surface area contributed by atoms with E-state index in [4.69, 9.17) is 5.26 Å². The molecule has 2 rings (SSSR count). The van der Waals surface area contributed by atoms with Crippen molar-refractivity contribution in [3.63, 3.8) is 0 Å². The Morgan fingerprint density at radius 2 is 2.22 bits per heavy atom. The minimum absolute atomic E-state index is 0.0855. The van der Waals surface area contributed by atoms with Crippen LogP contribution in [-0.4, -0.2) is 26.0 Å². The molecule has 0 saturated carbocycles. The van der Waals surface area contributed by atoms with Crippen molar-refractivity contribution < 1.29 is 8.42 Å². The highest BCUT2D eigenvalue weighted by Crippen LogP contribution is 2.21. The lowest BCUT2D eigenvalue weighted by molar-refractivity contribution is 0.562. The molecule has 1 heterocycles. The lowest BCUT2D eigenvalue weighted by Gasteiger charge is -2.24. The first-order valence-corrected chi connectivity index (χ1v) is 7.80. The van der Waals surface area contributed by atoms with E-state index >= 15 is 0 Å². The quantitative estimate of drug-likeness (QED) is 0.885. The van der Waals surface area contributed by atoms with Gasteiger partial charge in [-0.05, 0) is 37.5 Å². The molecule has 1 aromatic rings. The van der Waals surface area contributed by atoms with E-state index in [2.05, 4.69) is 11.4 Å². The second kappa shape index (κ2) is 4.99. The van der Waals surface area contributed by atoms with E-state index < -0.39 is 9.84 Å². The Bertz CT molecular complexity index is 587. The van der Waals surface area contributed by atoms with Gasteiger partial charge in [-0.15, -0.1) is 0 Å². The molecule has 1 N–H and O–H groups in total. The Kier molecular flexibility index (Phi) is 3.58. The number of nitrogens with zero attached hydrogens (tertiary/aromatic N) is 1. The molecule has 0 aromatic heterocycles. The van der Waals surface area contributed by atoms with Crippen molar-refractivity contribution in [1.82, 2.24) is 0 Å². The number of sulfone groups is 1. The number of rotatable bonds is 2. The van der Waals surface area contributed by atoms with Crippen LogP contribution in [0, 0.1) is 18.3 Å². The molecule has 1 aliphatic rings. The van der Waals surface area contributed by atoms with Crippen LogP contribution < -0.4 is 5.32 Å². The molecule has 0 radical (unpaired) electrons. The smallest absolute Gasteiger partial charge is 0.152 e. The van der Waals surface area contributed by atoms with Gasteiger partial charge in [-0.1, -0.05) is 6.07 Å². The van der Waals surface area contributed by atoms with Gasteiger partial charge in [0.05, 0.1) is 22.8 Å². The Morgan fingerprint density at radius 1 is 1.44 bits per heavy atom. The summed E-state index contributed by atoms with van der Waals surface area (Å²) in [6.07, 6.45) is 1.52. The van der Waals surface area contributed by atoms with Gasteiger partial charge in [0.15, 0.2) is 9.84 Å². The minimum Gasteiger partial charge on any atom is -0.380 e. The summed E-state index contributed by atoms with van der Waals surface area (Å²) in [5, 5.41) is 12.2. The van der Waals surface area contributed by atoms with E-state index in [1.165, 1.54) is 0 Å². The molecule has 5 heteroatoms. The van der Waals surface area contributed by atoms with Gasteiger partial charge in [0, 0.05) is 6.04 Å². The predicted octanol–water partition coefficient (Wildman–Crippen LogP) is 1.86. The molecule has 1 unspecified atom stereocenters. The van der Waals surface area contributed by atoms with Gasteiger partial charge in [0.25, 0.3) is 0 Å². The summed E-state index contributed by atoms with van der Waals surface area (Å²) in [6.45, 7) is 1.95. The molecule has 0 bridgehead atoms. The molecule has 4 nitrogen and oxygen atoms in total. The van der Waals surface area contributed by atoms with Crippen LogP contribution in [0.15, 0.2) is 18.2 Å². The molecule has 1 atom stereocenters. The second-order valence-electron chi connectivity index (χ2n) is 4.76. The molecule has 0 aliphatic carbocycles. The zero-order chi connectivity index (χ0) is 13.2. The van der Waals surface area contributed by atoms with Crippen molar-refractivity contribution in [2.45, 2.75) is 25.8 Å². The maximum atomic E-state index is 11.6. The normalized spacial score (nSPS) is 22.1. The Balaban J connectivity index is 2.19. The number of nitrogens with one attached hydrogen (secondary N) is 1. The third-order valence-corrected chi connectivity index (χ3v) is 4.94. The standard InChI is InChI=1S/C13H16N2O2S/c1-10-4-5-11(8-14)13(7-10)15-12-3-2-6-18(16,17)9-12/h4-5,7,12,15H,2-3,6,9H2,1H3. The Labute approximate surface area is 108 Å². The third-order valence-electron chi connectivity index (χ3n) is 3.12. The molecule has 1 saturated heterocycles. The zero-order valence-corrected chi connectivity index (χ0v) is 11.1. The fraction of sp³-hybridized carbons (Fsp3) is 0.462. The highest BCUT2D eigenvalue weighted by Gasteiger charge is 2.25. The lowest BCUT2D eigenvalue weighted by Crippen LogP contribution is -2.35. The summed E-state index contributed by atoms with van der Waals surface area (Å²) < 4.78 is 23.1. The van der Waals surface area contributed by atoms with Crippen molar-refractivity contribution in [3.8, 4) is 6.07 Å². The van der Waals surface area contributed by atoms with E-state index in [9.17, 15) is 8.42 Å². The SMILES string of the molecule is Cc1ccc(C#N)c(NC2CCCS(=O)(=O)C2)c1. The van der Waals surface area contributed by atoms with Crippen LogP contribution in [-0.2, 0) is 9.84 Å². The third kappa shape index (κ3) is 3.02. The minimum atomic E-state index is -2.93. The van der Waals surface area contributed by atoms with Crippen LogP contribution >= 0.6 is 0 Å². The first kappa shape index (κ1) is 12.9. The topological polar surface area (TPSA) is 70.0 Å². The summed E-state index contributed by atoms with van der Waals surface area (Å²) >= 11 is 0. The highest BCUT2D eigenvalue weighted by atomic mass is 32.2. The Hall–Kier alpha value is -1.54. The summed E-state index contributed by atoms with van der Waals surface area (Å²) in [4.78, 5) is 0. The van der Waals surface area contributed by atoms with Crippen molar-refractivity contribution >= 4 is 15.5 Å². The first-order valence-electron chi connectivity index (χ1n) is 5.98. The van der Waals surface area contributed by atoms with E-state index in [1.807, 2.05) is 19.1 Å². The van der Waals surface area contributed by atoms with Crippen LogP contribution in [0.2, 0.25) is 0 Å². The summed E-state index contributed by atoms with van der Waals surface area (Å²) in [5.74, 6) is 0.440. The monoisotopic (exact) mass is 264 g/mol.